The second-order valence-electron chi connectivity index (χ2n) is 7.34. The largest absolute Gasteiger partial charge is 0.416 e. The van der Waals surface area contributed by atoms with Crippen molar-refractivity contribution >= 4 is 39.8 Å². The fraction of sp³-hybridized carbons (Fsp3) is 0.611. The lowest BCUT2D eigenvalue weighted by atomic mass is 9.90. The Morgan fingerprint density at radius 1 is 1.11 bits per heavy atom. The summed E-state index contributed by atoms with van der Waals surface area (Å²) < 4.78 is 60.3. The lowest BCUT2D eigenvalue weighted by Gasteiger charge is -2.25. The first-order chi connectivity index (χ1) is 12.3. The Morgan fingerprint density at radius 3 is 2.14 bits per heavy atom. The molecule has 1 aromatic rings. The molecule has 0 aliphatic heterocycles. The van der Waals surface area contributed by atoms with Crippen LogP contribution in [-0.2, 0) is 22.4 Å². The minimum absolute atomic E-state index is 0. The first kappa shape index (κ1) is 27.0. The highest BCUT2D eigenvalue weighted by atomic mass is 127. The van der Waals surface area contributed by atoms with Crippen molar-refractivity contribution in [2.75, 3.05) is 32.1 Å². The third-order valence-corrected chi connectivity index (χ3v) is 5.04. The van der Waals surface area contributed by atoms with Crippen LogP contribution in [0.15, 0.2) is 29.3 Å². The molecule has 0 atom stereocenters. The highest BCUT2D eigenvalue weighted by Gasteiger charge is 2.29. The van der Waals surface area contributed by atoms with Gasteiger partial charge in [0.15, 0.2) is 5.96 Å². The molecule has 28 heavy (non-hydrogen) atoms. The van der Waals surface area contributed by atoms with E-state index in [4.69, 9.17) is 0 Å². The van der Waals surface area contributed by atoms with Gasteiger partial charge in [0.05, 0.1) is 11.3 Å². The third kappa shape index (κ3) is 11.1. The van der Waals surface area contributed by atoms with Gasteiger partial charge < -0.3 is 10.6 Å². The minimum atomic E-state index is -4.33. The molecule has 0 aliphatic rings. The molecule has 0 aliphatic carbocycles. The van der Waals surface area contributed by atoms with Gasteiger partial charge >= 0.3 is 6.18 Å². The van der Waals surface area contributed by atoms with E-state index in [-0.39, 0.29) is 35.1 Å². The molecule has 0 aromatic heterocycles. The molecular formula is C18H29F3IN3O2S. The van der Waals surface area contributed by atoms with Crippen molar-refractivity contribution in [2.45, 2.75) is 32.9 Å². The highest BCUT2D eigenvalue weighted by Crippen LogP contribution is 2.29. The Hall–Kier alpha value is -1.04. The number of guanidine groups is 1. The van der Waals surface area contributed by atoms with Crippen LogP contribution >= 0.6 is 24.0 Å². The van der Waals surface area contributed by atoms with E-state index < -0.39 is 21.6 Å². The Balaban J connectivity index is 0.00000729. The number of aliphatic imine (C=N–C) groups is 1. The van der Waals surface area contributed by atoms with Crippen molar-refractivity contribution < 1.29 is 21.6 Å². The number of benzene rings is 1. The average Bonchev–Trinajstić information content (AvgIpc) is 2.55. The van der Waals surface area contributed by atoms with Crippen LogP contribution in [0.1, 0.15) is 31.4 Å². The summed E-state index contributed by atoms with van der Waals surface area (Å²) in [5.41, 5.74) is -0.0962. The zero-order valence-corrected chi connectivity index (χ0v) is 19.7. The standard InChI is InChI=1S/C18H28F3N3O2S.HI/c1-17(2,10-12-27(4,25)26)13-24-16(22-3)23-11-9-14-5-7-15(8-6-14)18(19,20)21;/h5-8H,9-13H2,1-4H3,(H2,22,23,24);1H. The second kappa shape index (κ2) is 11.2. The van der Waals surface area contributed by atoms with Crippen LogP contribution in [0.3, 0.4) is 0 Å². The molecule has 0 saturated heterocycles. The lowest BCUT2D eigenvalue weighted by molar-refractivity contribution is -0.137. The Kier molecular flexibility index (Phi) is 10.8. The molecule has 0 saturated carbocycles. The van der Waals surface area contributed by atoms with Gasteiger partial charge in [-0.15, -0.1) is 24.0 Å². The van der Waals surface area contributed by atoms with Gasteiger partial charge in [0.1, 0.15) is 9.84 Å². The third-order valence-electron chi connectivity index (χ3n) is 4.10. The number of hydrogen-bond donors (Lipinski definition) is 2. The Labute approximate surface area is 182 Å². The number of halogens is 4. The molecule has 5 nitrogen and oxygen atoms in total. The number of nitrogens with one attached hydrogen (secondary N) is 2. The SMILES string of the molecule is CN=C(NCCc1ccc(C(F)(F)F)cc1)NCC(C)(C)CCS(C)(=O)=O.I. The van der Waals surface area contributed by atoms with Crippen molar-refractivity contribution in [2.24, 2.45) is 10.4 Å². The summed E-state index contributed by atoms with van der Waals surface area (Å²) in [6.45, 7) is 5.00. The van der Waals surface area contributed by atoms with Gasteiger partial charge in [0, 0.05) is 26.4 Å². The summed E-state index contributed by atoms with van der Waals surface area (Å²) in [5, 5.41) is 6.26. The normalized spacial score (nSPS) is 13.0. The van der Waals surface area contributed by atoms with Crippen LogP contribution < -0.4 is 10.6 Å². The van der Waals surface area contributed by atoms with Crippen LogP contribution in [0.25, 0.3) is 0 Å². The number of sulfone groups is 1. The van der Waals surface area contributed by atoms with E-state index in [1.54, 1.807) is 7.05 Å². The quantitative estimate of drug-likeness (QED) is 0.304. The van der Waals surface area contributed by atoms with Gasteiger partial charge in [-0.05, 0) is 36.0 Å². The summed E-state index contributed by atoms with van der Waals surface area (Å²) in [5.74, 6) is 0.691. The van der Waals surface area contributed by atoms with Crippen molar-refractivity contribution in [1.82, 2.24) is 10.6 Å². The molecule has 2 N–H and O–H groups in total. The topological polar surface area (TPSA) is 70.6 Å². The molecule has 1 aromatic carbocycles. The van der Waals surface area contributed by atoms with Gasteiger partial charge in [-0.1, -0.05) is 26.0 Å². The van der Waals surface area contributed by atoms with Crippen LogP contribution in [0, 0.1) is 5.41 Å². The van der Waals surface area contributed by atoms with Crippen LogP contribution in [0.2, 0.25) is 0 Å². The predicted octanol–water partition coefficient (Wildman–Crippen LogP) is 3.49. The minimum Gasteiger partial charge on any atom is -0.356 e. The van der Waals surface area contributed by atoms with Gasteiger partial charge in [-0.25, -0.2) is 8.42 Å². The van der Waals surface area contributed by atoms with E-state index in [1.165, 1.54) is 18.4 Å². The first-order valence-electron chi connectivity index (χ1n) is 8.61. The molecule has 0 unspecified atom stereocenters. The second-order valence-corrected chi connectivity index (χ2v) is 9.60. The van der Waals surface area contributed by atoms with Crippen molar-refractivity contribution in [3.8, 4) is 0 Å². The summed E-state index contributed by atoms with van der Waals surface area (Å²) in [4.78, 5) is 4.11. The Bertz CT molecular complexity index is 733. The number of hydrogen-bond acceptors (Lipinski definition) is 3. The van der Waals surface area contributed by atoms with Crippen molar-refractivity contribution in [3.63, 3.8) is 0 Å². The van der Waals surface area contributed by atoms with E-state index in [1.807, 2.05) is 13.8 Å². The summed E-state index contributed by atoms with van der Waals surface area (Å²) in [6, 6.07) is 5.09. The zero-order chi connectivity index (χ0) is 20.7. The van der Waals surface area contributed by atoms with E-state index in [0.29, 0.717) is 31.9 Å². The van der Waals surface area contributed by atoms with Crippen molar-refractivity contribution in [1.29, 1.82) is 0 Å². The van der Waals surface area contributed by atoms with Gasteiger partial charge in [0.2, 0.25) is 0 Å². The van der Waals surface area contributed by atoms with Gasteiger partial charge in [-0.2, -0.15) is 13.2 Å². The van der Waals surface area contributed by atoms with E-state index >= 15 is 0 Å². The average molecular weight is 535 g/mol. The molecule has 0 fully saturated rings. The zero-order valence-electron chi connectivity index (χ0n) is 16.6. The lowest BCUT2D eigenvalue weighted by Crippen LogP contribution is -2.43. The van der Waals surface area contributed by atoms with Crippen LogP contribution in [-0.4, -0.2) is 46.5 Å². The summed E-state index contributed by atoms with van der Waals surface area (Å²) in [7, 11) is -1.38. The van der Waals surface area contributed by atoms with Gasteiger partial charge in [0.25, 0.3) is 0 Å². The van der Waals surface area contributed by atoms with Crippen molar-refractivity contribution in [3.05, 3.63) is 35.4 Å². The van der Waals surface area contributed by atoms with Gasteiger partial charge in [-0.3, -0.25) is 4.99 Å². The number of nitrogens with zero attached hydrogens (tertiary/aromatic N) is 1. The van der Waals surface area contributed by atoms with E-state index in [0.717, 1.165) is 17.7 Å². The molecule has 0 radical (unpaired) electrons. The smallest absolute Gasteiger partial charge is 0.356 e. The summed E-state index contributed by atoms with van der Waals surface area (Å²) >= 11 is 0. The van der Waals surface area contributed by atoms with E-state index in [2.05, 4.69) is 15.6 Å². The fourth-order valence-corrected chi connectivity index (χ4v) is 3.20. The molecule has 0 amide bonds. The molecule has 10 heteroatoms. The monoisotopic (exact) mass is 535 g/mol. The predicted molar refractivity (Wildman–Crippen MR) is 118 cm³/mol. The molecule has 0 heterocycles. The van der Waals surface area contributed by atoms with Crippen LogP contribution in [0.4, 0.5) is 13.2 Å². The first-order valence-corrected chi connectivity index (χ1v) is 10.7. The summed E-state index contributed by atoms with van der Waals surface area (Å²) in [6.07, 6.45) is -2.03. The maximum absolute atomic E-state index is 12.6. The molecular weight excluding hydrogens is 506 g/mol. The molecule has 0 bridgehead atoms. The van der Waals surface area contributed by atoms with E-state index in [9.17, 15) is 21.6 Å². The number of rotatable bonds is 8. The maximum atomic E-state index is 12.6. The molecule has 0 spiro atoms. The fourth-order valence-electron chi connectivity index (χ4n) is 2.28. The molecule has 162 valence electrons. The molecule has 1 rings (SSSR count). The highest BCUT2D eigenvalue weighted by molar-refractivity contribution is 14.0. The number of alkyl halides is 3. The Morgan fingerprint density at radius 2 is 1.68 bits per heavy atom. The maximum Gasteiger partial charge on any atom is 0.416 e. The van der Waals surface area contributed by atoms with Crippen LogP contribution in [0.5, 0.6) is 0 Å².